The van der Waals surface area contributed by atoms with Crippen LogP contribution in [0.3, 0.4) is 0 Å². The van der Waals surface area contributed by atoms with Gasteiger partial charge in [0.1, 0.15) is 11.8 Å². The van der Waals surface area contributed by atoms with Crippen molar-refractivity contribution in [1.82, 2.24) is 14.6 Å². The summed E-state index contributed by atoms with van der Waals surface area (Å²) in [6, 6.07) is 21.6. The van der Waals surface area contributed by atoms with Gasteiger partial charge < -0.3 is 8.98 Å². The number of aryl methyl sites for hydroxylation is 2. The van der Waals surface area contributed by atoms with Crippen molar-refractivity contribution >= 4 is 34.4 Å². The normalized spacial score (nSPS) is 15.5. The van der Waals surface area contributed by atoms with Crippen molar-refractivity contribution in [3.63, 3.8) is 0 Å². The first-order valence-electron chi connectivity index (χ1n) is 11.1. The molecule has 4 aromatic rings. The molecule has 34 heavy (non-hydrogen) atoms. The second-order valence-corrected chi connectivity index (χ2v) is 9.06. The summed E-state index contributed by atoms with van der Waals surface area (Å²) < 4.78 is 7.65. The predicted molar refractivity (Wildman–Crippen MR) is 131 cm³/mol. The molecule has 0 spiro atoms. The number of hydrogen-bond donors (Lipinski definition) is 0. The lowest BCUT2D eigenvalue weighted by Gasteiger charge is -2.19. The lowest BCUT2D eigenvalue weighted by molar-refractivity contribution is -0.130. The Labute approximate surface area is 201 Å². The number of nitrogens with zero attached hydrogens (tertiary/aromatic N) is 5. The number of aromatic nitrogens is 2. The fraction of sp³-hybridized carbons (Fsp3) is 0.231. The van der Waals surface area contributed by atoms with Gasteiger partial charge in [0.2, 0.25) is 0 Å². The van der Waals surface area contributed by atoms with Crippen LogP contribution in [0, 0.1) is 18.3 Å². The highest BCUT2D eigenvalue weighted by Crippen LogP contribution is 2.34. The number of carbonyl (C=O) groups excluding carboxylic acids is 1. The van der Waals surface area contributed by atoms with E-state index in [1.165, 1.54) is 17.3 Å². The third-order valence-corrected chi connectivity index (χ3v) is 6.77. The lowest BCUT2D eigenvalue weighted by atomic mass is 10.0. The molecule has 0 aliphatic carbocycles. The van der Waals surface area contributed by atoms with Gasteiger partial charge in [0.05, 0.1) is 41.3 Å². The van der Waals surface area contributed by atoms with E-state index in [0.29, 0.717) is 25.1 Å². The quantitative estimate of drug-likeness (QED) is 0.342. The summed E-state index contributed by atoms with van der Waals surface area (Å²) in [5.74, 6) is 0.774. The summed E-state index contributed by atoms with van der Waals surface area (Å²) in [5, 5.41) is 16.0. The van der Waals surface area contributed by atoms with Gasteiger partial charge in [0.15, 0.2) is 5.16 Å². The number of hydrogen-bond acceptors (Lipinski definition) is 6. The summed E-state index contributed by atoms with van der Waals surface area (Å²) in [6.45, 7) is 2.57. The maximum absolute atomic E-state index is 13.4. The molecular weight excluding hydrogens is 446 g/mol. The van der Waals surface area contributed by atoms with Gasteiger partial charge >= 0.3 is 0 Å². The molecule has 0 saturated heterocycles. The largest absolute Gasteiger partial charge is 0.467 e. The Balaban J connectivity index is 1.39. The Morgan fingerprint density at radius 2 is 2.00 bits per heavy atom. The third-order valence-electron chi connectivity index (χ3n) is 5.81. The highest BCUT2D eigenvalue weighted by atomic mass is 32.2. The molecule has 0 fully saturated rings. The van der Waals surface area contributed by atoms with Crippen LogP contribution in [-0.4, -0.2) is 31.9 Å². The topological polar surface area (TPSA) is 87.4 Å². The van der Waals surface area contributed by atoms with Crippen LogP contribution in [0.15, 0.2) is 81.6 Å². The van der Waals surface area contributed by atoms with E-state index in [2.05, 4.69) is 6.07 Å². The van der Waals surface area contributed by atoms with Crippen molar-refractivity contribution in [2.75, 3.05) is 5.75 Å². The number of furan rings is 1. The summed E-state index contributed by atoms with van der Waals surface area (Å²) >= 11 is 1.37. The van der Waals surface area contributed by atoms with E-state index in [0.717, 1.165) is 27.5 Å². The van der Waals surface area contributed by atoms with Crippen LogP contribution in [0.4, 0.5) is 0 Å². The molecule has 2 aromatic heterocycles. The summed E-state index contributed by atoms with van der Waals surface area (Å²) in [4.78, 5) is 18.1. The highest BCUT2D eigenvalue weighted by molar-refractivity contribution is 7.99. The second kappa shape index (κ2) is 9.57. The zero-order valence-electron chi connectivity index (χ0n) is 18.7. The fourth-order valence-electron chi connectivity index (χ4n) is 4.10. The number of rotatable bonds is 7. The number of benzene rings is 2. The van der Waals surface area contributed by atoms with E-state index in [4.69, 9.17) is 19.8 Å². The fourth-order valence-corrected chi connectivity index (χ4v) is 4.99. The van der Waals surface area contributed by atoms with Gasteiger partial charge in [-0.3, -0.25) is 4.79 Å². The van der Waals surface area contributed by atoms with Crippen LogP contribution >= 0.6 is 11.8 Å². The molecule has 170 valence electrons. The molecule has 2 aromatic carbocycles. The molecule has 5 rings (SSSR count). The Bertz CT molecular complexity index is 1380. The first-order chi connectivity index (χ1) is 16.6. The first-order valence-corrected chi connectivity index (χ1v) is 12.1. The van der Waals surface area contributed by atoms with Crippen LogP contribution in [0.1, 0.15) is 35.8 Å². The molecular formula is C26H23N5O2S. The number of nitriles is 1. The molecule has 1 unspecified atom stereocenters. The highest BCUT2D eigenvalue weighted by Gasteiger charge is 2.35. The van der Waals surface area contributed by atoms with Gasteiger partial charge in [-0.05, 0) is 36.8 Å². The summed E-state index contributed by atoms with van der Waals surface area (Å²) in [6.07, 6.45) is 2.58. The Kier molecular flexibility index (Phi) is 6.19. The maximum Gasteiger partial charge on any atom is 0.253 e. The minimum atomic E-state index is -0.281. The van der Waals surface area contributed by atoms with Gasteiger partial charge in [-0.1, -0.05) is 53.7 Å². The average Bonchev–Trinajstić information content (AvgIpc) is 3.60. The van der Waals surface area contributed by atoms with E-state index < -0.39 is 0 Å². The smallest absolute Gasteiger partial charge is 0.253 e. The van der Waals surface area contributed by atoms with Crippen LogP contribution in [0.2, 0.25) is 0 Å². The van der Waals surface area contributed by atoms with Gasteiger partial charge in [-0.15, -0.1) is 0 Å². The molecule has 1 amide bonds. The number of carbonyl (C=O) groups is 1. The minimum Gasteiger partial charge on any atom is -0.467 e. The van der Waals surface area contributed by atoms with Gasteiger partial charge in [0, 0.05) is 13.0 Å². The van der Waals surface area contributed by atoms with Crippen molar-refractivity contribution in [3.8, 4) is 6.07 Å². The number of hydrazone groups is 1. The Morgan fingerprint density at radius 3 is 2.76 bits per heavy atom. The van der Waals surface area contributed by atoms with Crippen molar-refractivity contribution < 1.29 is 9.21 Å². The molecule has 0 saturated carbocycles. The number of thioether (sulfide) groups is 1. The van der Waals surface area contributed by atoms with Crippen molar-refractivity contribution in [3.05, 3.63) is 83.8 Å². The predicted octanol–water partition coefficient (Wildman–Crippen LogP) is 5.32. The van der Waals surface area contributed by atoms with E-state index in [9.17, 15) is 4.79 Å². The standard InChI is InChI=1S/C26H23N5O2S/c1-18-9-11-19(12-10-18)21-16-23(24-8-4-15-33-24)31(29-21)25(32)17-34-26-28-20-6-2-3-7-22(20)30(26)14-5-13-27/h2-4,6-12,15,23H,5,14,16-17H2,1H3. The second-order valence-electron chi connectivity index (χ2n) is 8.12. The molecule has 8 heteroatoms. The van der Waals surface area contributed by atoms with Crippen LogP contribution in [-0.2, 0) is 11.3 Å². The molecule has 1 aliphatic heterocycles. The van der Waals surface area contributed by atoms with Crippen molar-refractivity contribution in [1.29, 1.82) is 5.26 Å². The number of imidazole rings is 1. The zero-order valence-corrected chi connectivity index (χ0v) is 19.5. The molecule has 0 bridgehead atoms. The first kappa shape index (κ1) is 22.0. The zero-order chi connectivity index (χ0) is 23.5. The van der Waals surface area contributed by atoms with E-state index in [1.54, 1.807) is 11.3 Å². The van der Waals surface area contributed by atoms with E-state index in [-0.39, 0.29) is 17.7 Å². The minimum absolute atomic E-state index is 0.118. The molecule has 3 heterocycles. The van der Waals surface area contributed by atoms with Gasteiger partial charge in [0.25, 0.3) is 5.91 Å². The van der Waals surface area contributed by atoms with Crippen LogP contribution in [0.25, 0.3) is 11.0 Å². The molecule has 1 aliphatic rings. The monoisotopic (exact) mass is 469 g/mol. The van der Waals surface area contributed by atoms with Crippen LogP contribution < -0.4 is 0 Å². The van der Waals surface area contributed by atoms with Crippen molar-refractivity contribution in [2.24, 2.45) is 5.10 Å². The number of para-hydroxylation sites is 2. The van der Waals surface area contributed by atoms with Gasteiger partial charge in [-0.2, -0.15) is 10.4 Å². The third kappa shape index (κ3) is 4.35. The maximum atomic E-state index is 13.4. The van der Waals surface area contributed by atoms with Crippen LogP contribution in [0.5, 0.6) is 0 Å². The van der Waals surface area contributed by atoms with Gasteiger partial charge in [-0.25, -0.2) is 9.99 Å². The number of fused-ring (bicyclic) bond motifs is 1. The molecule has 1 atom stereocenters. The van der Waals surface area contributed by atoms with E-state index >= 15 is 0 Å². The Hall–Kier alpha value is -3.83. The Morgan fingerprint density at radius 1 is 1.18 bits per heavy atom. The SMILES string of the molecule is Cc1ccc(C2=NN(C(=O)CSc3nc4ccccc4n3CCC#N)C(c3ccco3)C2)cc1. The number of amides is 1. The van der Waals surface area contributed by atoms with Crippen molar-refractivity contribution in [2.45, 2.75) is 37.5 Å². The lowest BCUT2D eigenvalue weighted by Crippen LogP contribution is -2.28. The average molecular weight is 470 g/mol. The van der Waals surface area contributed by atoms with E-state index in [1.807, 2.05) is 72.2 Å². The molecule has 0 N–H and O–H groups in total. The molecule has 0 radical (unpaired) electrons. The summed E-state index contributed by atoms with van der Waals surface area (Å²) in [7, 11) is 0. The summed E-state index contributed by atoms with van der Waals surface area (Å²) in [5.41, 5.74) is 4.85. The molecule has 7 nitrogen and oxygen atoms in total.